The highest BCUT2D eigenvalue weighted by Crippen LogP contribution is 2.16. The molecule has 0 saturated heterocycles. The summed E-state index contributed by atoms with van der Waals surface area (Å²) in [6, 6.07) is 5.81. The van der Waals surface area contributed by atoms with E-state index in [1.165, 1.54) is 12.1 Å². The van der Waals surface area contributed by atoms with Crippen molar-refractivity contribution in [1.29, 1.82) is 0 Å². The van der Waals surface area contributed by atoms with Crippen molar-refractivity contribution < 1.29 is 8.42 Å². The highest BCUT2D eigenvalue weighted by Gasteiger charge is 2.17. The van der Waals surface area contributed by atoms with Gasteiger partial charge in [-0.1, -0.05) is 18.5 Å². The fourth-order valence-electron chi connectivity index (χ4n) is 1.14. The van der Waals surface area contributed by atoms with Crippen molar-refractivity contribution in [2.24, 2.45) is 5.73 Å². The van der Waals surface area contributed by atoms with E-state index in [0.717, 1.165) is 0 Å². The summed E-state index contributed by atoms with van der Waals surface area (Å²) in [5.74, 6) is -0.0227. The molecule has 1 unspecified atom stereocenters. The lowest BCUT2D eigenvalue weighted by Gasteiger charge is -2.09. The Morgan fingerprint density at radius 3 is 2.33 bits per heavy atom. The van der Waals surface area contributed by atoms with Crippen LogP contribution in [0.5, 0.6) is 0 Å². The topological polar surface area (TPSA) is 60.2 Å². The van der Waals surface area contributed by atoms with Crippen LogP contribution in [0, 0.1) is 0 Å². The lowest BCUT2D eigenvalue weighted by Crippen LogP contribution is -2.28. The third-order valence-electron chi connectivity index (χ3n) is 2.13. The molecule has 0 amide bonds. The molecule has 5 heteroatoms. The predicted octanol–water partition coefficient (Wildman–Crippen LogP) is 1.85. The van der Waals surface area contributed by atoms with Crippen LogP contribution in [0.25, 0.3) is 0 Å². The zero-order valence-electron chi connectivity index (χ0n) is 8.48. The minimum absolute atomic E-state index is 0.0227. The molecule has 1 aromatic carbocycles. The fraction of sp³-hybridized carbons (Fsp3) is 0.400. The van der Waals surface area contributed by atoms with Gasteiger partial charge >= 0.3 is 0 Å². The van der Waals surface area contributed by atoms with Crippen LogP contribution in [0.2, 0.25) is 5.02 Å². The molecular formula is C10H14ClNO2S. The quantitative estimate of drug-likeness (QED) is 0.883. The van der Waals surface area contributed by atoms with Crippen LogP contribution in [0.4, 0.5) is 0 Å². The van der Waals surface area contributed by atoms with E-state index in [1.807, 2.05) is 6.92 Å². The molecule has 0 heterocycles. The highest BCUT2D eigenvalue weighted by molar-refractivity contribution is 7.91. The van der Waals surface area contributed by atoms with Crippen molar-refractivity contribution in [3.8, 4) is 0 Å². The minimum atomic E-state index is -3.27. The Bertz CT molecular complexity index is 414. The zero-order chi connectivity index (χ0) is 11.5. The van der Waals surface area contributed by atoms with E-state index in [0.29, 0.717) is 11.4 Å². The molecule has 0 saturated carbocycles. The Balaban J connectivity index is 2.91. The second-order valence-corrected chi connectivity index (χ2v) is 5.87. The van der Waals surface area contributed by atoms with Gasteiger partial charge in [0.15, 0.2) is 9.84 Å². The first-order valence-electron chi connectivity index (χ1n) is 4.69. The minimum Gasteiger partial charge on any atom is -0.327 e. The van der Waals surface area contributed by atoms with Gasteiger partial charge in [0.1, 0.15) is 0 Å². The van der Waals surface area contributed by atoms with Gasteiger partial charge in [-0.2, -0.15) is 0 Å². The van der Waals surface area contributed by atoms with Gasteiger partial charge < -0.3 is 5.73 Å². The molecule has 0 aliphatic carbocycles. The molecule has 0 aliphatic heterocycles. The van der Waals surface area contributed by atoms with Crippen molar-refractivity contribution in [1.82, 2.24) is 0 Å². The van der Waals surface area contributed by atoms with Crippen LogP contribution < -0.4 is 5.73 Å². The van der Waals surface area contributed by atoms with Crippen molar-refractivity contribution in [3.05, 3.63) is 29.3 Å². The first-order chi connectivity index (χ1) is 6.95. The normalized spacial score (nSPS) is 13.8. The monoisotopic (exact) mass is 247 g/mol. The van der Waals surface area contributed by atoms with Crippen molar-refractivity contribution in [2.45, 2.75) is 24.3 Å². The molecule has 0 aromatic heterocycles. The van der Waals surface area contributed by atoms with Gasteiger partial charge in [0.05, 0.1) is 10.6 Å². The first kappa shape index (κ1) is 12.5. The molecule has 1 atom stereocenters. The average Bonchev–Trinajstić information content (AvgIpc) is 2.17. The van der Waals surface area contributed by atoms with Crippen LogP contribution in [0.1, 0.15) is 13.3 Å². The van der Waals surface area contributed by atoms with Crippen LogP contribution in [0.15, 0.2) is 29.2 Å². The fourth-order valence-corrected chi connectivity index (χ4v) is 2.81. The van der Waals surface area contributed by atoms with E-state index in [9.17, 15) is 8.42 Å². The van der Waals surface area contributed by atoms with E-state index in [-0.39, 0.29) is 16.7 Å². The molecule has 2 N–H and O–H groups in total. The van der Waals surface area contributed by atoms with E-state index in [2.05, 4.69) is 0 Å². The average molecular weight is 248 g/mol. The number of benzene rings is 1. The van der Waals surface area contributed by atoms with Gasteiger partial charge in [-0.25, -0.2) is 8.42 Å². The summed E-state index contributed by atoms with van der Waals surface area (Å²) in [7, 11) is -3.27. The molecular weight excluding hydrogens is 234 g/mol. The largest absolute Gasteiger partial charge is 0.327 e. The lowest BCUT2D eigenvalue weighted by molar-refractivity contribution is 0.584. The summed E-state index contributed by atoms with van der Waals surface area (Å²) in [5.41, 5.74) is 5.62. The SMILES string of the molecule is CCC(N)CS(=O)(=O)c1ccc(Cl)cc1. The first-order valence-corrected chi connectivity index (χ1v) is 6.72. The molecule has 0 radical (unpaired) electrons. The highest BCUT2D eigenvalue weighted by atomic mass is 35.5. The molecule has 1 aromatic rings. The van der Waals surface area contributed by atoms with Crippen molar-refractivity contribution >= 4 is 21.4 Å². The summed E-state index contributed by atoms with van der Waals surface area (Å²) < 4.78 is 23.6. The molecule has 1 rings (SSSR count). The van der Waals surface area contributed by atoms with Crippen LogP contribution in [-0.2, 0) is 9.84 Å². The van der Waals surface area contributed by atoms with Crippen molar-refractivity contribution in [3.63, 3.8) is 0 Å². The molecule has 15 heavy (non-hydrogen) atoms. The van der Waals surface area contributed by atoms with Gasteiger partial charge in [-0.3, -0.25) is 0 Å². The number of nitrogens with two attached hydrogens (primary N) is 1. The maximum Gasteiger partial charge on any atom is 0.179 e. The Labute approximate surface area is 95.2 Å². The molecule has 84 valence electrons. The van der Waals surface area contributed by atoms with Gasteiger partial charge in [0.2, 0.25) is 0 Å². The number of hydrogen-bond acceptors (Lipinski definition) is 3. The summed E-state index contributed by atoms with van der Waals surface area (Å²) in [6.45, 7) is 1.86. The molecule has 0 bridgehead atoms. The van der Waals surface area contributed by atoms with Crippen LogP contribution >= 0.6 is 11.6 Å². The van der Waals surface area contributed by atoms with E-state index < -0.39 is 9.84 Å². The summed E-state index contributed by atoms with van der Waals surface area (Å²) >= 11 is 5.68. The molecule has 3 nitrogen and oxygen atoms in total. The maximum absolute atomic E-state index is 11.8. The third kappa shape index (κ3) is 3.48. The smallest absolute Gasteiger partial charge is 0.179 e. The predicted molar refractivity (Wildman–Crippen MR) is 61.8 cm³/mol. The van der Waals surface area contributed by atoms with Crippen LogP contribution in [-0.4, -0.2) is 20.2 Å². The Morgan fingerprint density at radius 1 is 1.33 bits per heavy atom. The summed E-state index contributed by atoms with van der Waals surface area (Å²) in [6.07, 6.45) is 0.646. The van der Waals surface area contributed by atoms with E-state index >= 15 is 0 Å². The number of sulfone groups is 1. The number of rotatable bonds is 4. The summed E-state index contributed by atoms with van der Waals surface area (Å²) in [4.78, 5) is 0.274. The number of halogens is 1. The third-order valence-corrected chi connectivity index (χ3v) is 4.24. The summed E-state index contributed by atoms with van der Waals surface area (Å²) in [5, 5.41) is 0.522. The molecule has 0 aliphatic rings. The maximum atomic E-state index is 11.8. The lowest BCUT2D eigenvalue weighted by atomic mass is 10.3. The van der Waals surface area contributed by atoms with E-state index in [4.69, 9.17) is 17.3 Å². The Hall–Kier alpha value is -0.580. The molecule has 0 spiro atoms. The van der Waals surface area contributed by atoms with Gasteiger partial charge in [-0.05, 0) is 30.7 Å². The standard InChI is InChI=1S/C10H14ClNO2S/c1-2-9(12)7-15(13,14)10-5-3-8(11)4-6-10/h3-6,9H,2,7,12H2,1H3. The van der Waals surface area contributed by atoms with Gasteiger partial charge in [-0.15, -0.1) is 0 Å². The number of hydrogen-bond donors (Lipinski definition) is 1. The van der Waals surface area contributed by atoms with Gasteiger partial charge in [0, 0.05) is 11.1 Å². The van der Waals surface area contributed by atoms with Gasteiger partial charge in [0.25, 0.3) is 0 Å². The zero-order valence-corrected chi connectivity index (χ0v) is 10.1. The van der Waals surface area contributed by atoms with Crippen LogP contribution in [0.3, 0.4) is 0 Å². The Kier molecular flexibility index (Phi) is 4.13. The van der Waals surface area contributed by atoms with E-state index in [1.54, 1.807) is 12.1 Å². The Morgan fingerprint density at radius 2 is 1.87 bits per heavy atom. The molecule has 0 fully saturated rings. The van der Waals surface area contributed by atoms with Crippen molar-refractivity contribution in [2.75, 3.05) is 5.75 Å². The second-order valence-electron chi connectivity index (χ2n) is 3.40. The second kappa shape index (κ2) is 4.96.